The zero-order chi connectivity index (χ0) is 18.9. The van der Waals surface area contributed by atoms with Crippen LogP contribution < -0.4 is 9.47 Å². The Hall–Kier alpha value is -3.28. The number of amides is 1. The summed E-state index contributed by atoms with van der Waals surface area (Å²) in [7, 11) is 0. The van der Waals surface area contributed by atoms with Crippen molar-refractivity contribution in [2.45, 2.75) is 12.8 Å². The number of hydrogen-bond acceptors (Lipinski definition) is 4. The maximum absolute atomic E-state index is 13.2. The molecule has 0 aliphatic carbocycles. The molecular weight excluding hydrogens is 354 g/mol. The molecule has 3 aromatic rings. The fraction of sp³-hybridized carbons (Fsp3) is 0.273. The molecule has 6 heteroatoms. The molecule has 5 rings (SSSR count). The number of ether oxygens (including phenoxy) is 2. The van der Waals surface area contributed by atoms with Gasteiger partial charge >= 0.3 is 0 Å². The molecule has 0 saturated heterocycles. The molecule has 28 heavy (non-hydrogen) atoms. The van der Waals surface area contributed by atoms with Crippen molar-refractivity contribution in [1.29, 1.82) is 0 Å². The Bertz CT molecular complexity index is 1010. The fourth-order valence-electron chi connectivity index (χ4n) is 3.93. The number of carbonyl (C=O) groups excluding carboxylic acids is 1. The summed E-state index contributed by atoms with van der Waals surface area (Å²) in [6, 6.07) is 15.7. The highest BCUT2D eigenvalue weighted by molar-refractivity contribution is 5.98. The van der Waals surface area contributed by atoms with Crippen molar-refractivity contribution in [3.05, 3.63) is 65.4 Å². The van der Waals surface area contributed by atoms with Crippen LogP contribution in [0.1, 0.15) is 21.6 Å². The topological polar surface area (TPSA) is 67.5 Å². The zero-order valence-corrected chi connectivity index (χ0v) is 15.5. The van der Waals surface area contributed by atoms with E-state index >= 15 is 0 Å². The number of rotatable bonds is 2. The summed E-state index contributed by atoms with van der Waals surface area (Å²) < 4.78 is 11.4. The quantitative estimate of drug-likeness (QED) is 0.747. The molecule has 2 aromatic carbocycles. The Morgan fingerprint density at radius 1 is 0.964 bits per heavy atom. The van der Waals surface area contributed by atoms with E-state index in [9.17, 15) is 4.79 Å². The number of aromatic amines is 1. The number of para-hydroxylation sites is 1. The van der Waals surface area contributed by atoms with E-state index in [0.717, 1.165) is 29.8 Å². The van der Waals surface area contributed by atoms with Crippen molar-refractivity contribution >= 4 is 5.91 Å². The number of aromatic nitrogens is 2. The molecule has 2 aliphatic rings. The summed E-state index contributed by atoms with van der Waals surface area (Å²) in [6.45, 7) is 2.27. The van der Waals surface area contributed by atoms with E-state index in [-0.39, 0.29) is 5.91 Å². The van der Waals surface area contributed by atoms with Gasteiger partial charge in [0.05, 0.1) is 11.3 Å². The second-order valence-electron chi connectivity index (χ2n) is 7.02. The molecule has 2 aliphatic heterocycles. The minimum absolute atomic E-state index is 0.0123. The number of fused-ring (bicyclic) bond motifs is 2. The van der Waals surface area contributed by atoms with Gasteiger partial charge in [-0.1, -0.05) is 36.4 Å². The molecule has 0 saturated carbocycles. The Labute approximate surface area is 163 Å². The SMILES string of the molecule is O=C(c1cccc2c1OCCO2)N1CCc2[nH]nc(-c3ccccc3)c2CC1. The molecule has 0 spiro atoms. The van der Waals surface area contributed by atoms with Crippen molar-refractivity contribution in [3.63, 3.8) is 0 Å². The highest BCUT2D eigenvalue weighted by Crippen LogP contribution is 2.35. The number of nitrogens with zero attached hydrogens (tertiary/aromatic N) is 2. The summed E-state index contributed by atoms with van der Waals surface area (Å²) in [5.41, 5.74) is 4.98. The second kappa shape index (κ2) is 7.03. The molecular formula is C22H21N3O3. The first-order valence-electron chi connectivity index (χ1n) is 9.60. The Morgan fingerprint density at radius 2 is 1.79 bits per heavy atom. The highest BCUT2D eigenvalue weighted by atomic mass is 16.6. The van der Waals surface area contributed by atoms with Gasteiger partial charge in [0.1, 0.15) is 13.2 Å². The molecule has 0 fully saturated rings. The summed E-state index contributed by atoms with van der Waals surface area (Å²) in [4.78, 5) is 15.1. The average molecular weight is 375 g/mol. The smallest absolute Gasteiger partial charge is 0.257 e. The van der Waals surface area contributed by atoms with Gasteiger partial charge in [0.25, 0.3) is 5.91 Å². The van der Waals surface area contributed by atoms with Gasteiger partial charge in [-0.3, -0.25) is 9.89 Å². The molecule has 142 valence electrons. The zero-order valence-electron chi connectivity index (χ0n) is 15.5. The lowest BCUT2D eigenvalue weighted by Crippen LogP contribution is -2.34. The van der Waals surface area contributed by atoms with E-state index in [2.05, 4.69) is 22.3 Å². The van der Waals surface area contributed by atoms with Gasteiger partial charge in [0.2, 0.25) is 0 Å². The highest BCUT2D eigenvalue weighted by Gasteiger charge is 2.27. The Morgan fingerprint density at radius 3 is 2.68 bits per heavy atom. The van der Waals surface area contributed by atoms with Crippen molar-refractivity contribution in [1.82, 2.24) is 15.1 Å². The molecule has 0 radical (unpaired) electrons. The van der Waals surface area contributed by atoms with Crippen LogP contribution in [-0.4, -0.2) is 47.3 Å². The second-order valence-corrected chi connectivity index (χ2v) is 7.02. The fourth-order valence-corrected chi connectivity index (χ4v) is 3.93. The third kappa shape index (κ3) is 2.91. The maximum atomic E-state index is 13.2. The van der Waals surface area contributed by atoms with Crippen LogP contribution in [0.2, 0.25) is 0 Å². The molecule has 1 N–H and O–H groups in total. The molecule has 0 bridgehead atoms. The summed E-state index contributed by atoms with van der Waals surface area (Å²) in [5, 5.41) is 7.71. The van der Waals surface area contributed by atoms with E-state index < -0.39 is 0 Å². The lowest BCUT2D eigenvalue weighted by Gasteiger charge is -2.24. The third-order valence-electron chi connectivity index (χ3n) is 5.35. The molecule has 0 unspecified atom stereocenters. The van der Waals surface area contributed by atoms with Crippen LogP contribution in [0.3, 0.4) is 0 Å². The van der Waals surface area contributed by atoms with E-state index in [1.54, 1.807) is 0 Å². The lowest BCUT2D eigenvalue weighted by molar-refractivity contribution is 0.0752. The van der Waals surface area contributed by atoms with Gasteiger partial charge in [-0.2, -0.15) is 5.10 Å². The van der Waals surface area contributed by atoms with Crippen LogP contribution in [0.15, 0.2) is 48.5 Å². The Kier molecular flexibility index (Phi) is 4.24. The van der Waals surface area contributed by atoms with Gasteiger partial charge < -0.3 is 14.4 Å². The van der Waals surface area contributed by atoms with E-state index in [4.69, 9.17) is 9.47 Å². The van der Waals surface area contributed by atoms with Gasteiger partial charge in [-0.25, -0.2) is 0 Å². The van der Waals surface area contributed by atoms with Crippen LogP contribution in [0.4, 0.5) is 0 Å². The predicted molar refractivity (Wildman–Crippen MR) is 105 cm³/mol. The van der Waals surface area contributed by atoms with Crippen molar-refractivity contribution in [2.24, 2.45) is 0 Å². The van der Waals surface area contributed by atoms with Crippen molar-refractivity contribution in [3.8, 4) is 22.8 Å². The van der Waals surface area contributed by atoms with Crippen molar-refractivity contribution < 1.29 is 14.3 Å². The standard InChI is InChI=1S/C22H21N3O3/c26-22(17-7-4-8-19-21(17)28-14-13-27-19)25-11-9-16-18(10-12-25)23-24-20(16)15-5-2-1-3-6-15/h1-8H,9-14H2,(H,23,24). The number of nitrogens with one attached hydrogen (secondary N) is 1. The molecule has 3 heterocycles. The van der Waals surface area contributed by atoms with E-state index in [1.807, 2.05) is 41.3 Å². The van der Waals surface area contributed by atoms with Crippen LogP contribution in [0.25, 0.3) is 11.3 Å². The number of hydrogen-bond donors (Lipinski definition) is 1. The van der Waals surface area contributed by atoms with Crippen LogP contribution in [0, 0.1) is 0 Å². The molecule has 6 nitrogen and oxygen atoms in total. The number of benzene rings is 2. The van der Waals surface area contributed by atoms with Gasteiger partial charge in [0.15, 0.2) is 11.5 Å². The minimum Gasteiger partial charge on any atom is -0.486 e. The molecule has 1 aromatic heterocycles. The molecule has 1 amide bonds. The van der Waals surface area contributed by atoms with Crippen molar-refractivity contribution in [2.75, 3.05) is 26.3 Å². The minimum atomic E-state index is -0.0123. The van der Waals surface area contributed by atoms with Gasteiger partial charge in [-0.05, 0) is 18.6 Å². The van der Waals surface area contributed by atoms with E-state index in [0.29, 0.717) is 43.4 Å². The average Bonchev–Trinajstić information content (AvgIpc) is 3.05. The molecule has 0 atom stereocenters. The van der Waals surface area contributed by atoms with E-state index in [1.165, 1.54) is 5.56 Å². The van der Waals surface area contributed by atoms with Gasteiger partial charge in [-0.15, -0.1) is 0 Å². The van der Waals surface area contributed by atoms with Crippen LogP contribution >= 0.6 is 0 Å². The summed E-state index contributed by atoms with van der Waals surface area (Å²) in [5.74, 6) is 1.20. The largest absolute Gasteiger partial charge is 0.486 e. The summed E-state index contributed by atoms with van der Waals surface area (Å²) in [6.07, 6.45) is 1.53. The Balaban J connectivity index is 1.40. The number of H-pyrrole nitrogens is 1. The third-order valence-corrected chi connectivity index (χ3v) is 5.35. The number of carbonyl (C=O) groups is 1. The van der Waals surface area contributed by atoms with Gasteiger partial charge in [0, 0.05) is 36.3 Å². The van der Waals surface area contributed by atoms with Crippen LogP contribution in [-0.2, 0) is 12.8 Å². The maximum Gasteiger partial charge on any atom is 0.257 e. The first-order chi connectivity index (χ1) is 13.8. The summed E-state index contributed by atoms with van der Waals surface area (Å²) >= 11 is 0. The predicted octanol–water partition coefficient (Wildman–Crippen LogP) is 3.09. The lowest BCUT2D eigenvalue weighted by atomic mass is 10.0. The first kappa shape index (κ1) is 16.9. The van der Waals surface area contributed by atoms with Crippen LogP contribution in [0.5, 0.6) is 11.5 Å². The normalized spacial score (nSPS) is 15.6. The monoisotopic (exact) mass is 375 g/mol. The first-order valence-corrected chi connectivity index (χ1v) is 9.60.